The molecule has 156 valence electrons. The summed E-state index contributed by atoms with van der Waals surface area (Å²) in [6.07, 6.45) is 3.15. The average Bonchev–Trinajstić information content (AvgIpc) is 2.68. The molecule has 0 N–H and O–H groups in total. The van der Waals surface area contributed by atoms with Crippen LogP contribution in [0, 0.1) is 5.82 Å². The predicted molar refractivity (Wildman–Crippen MR) is 114 cm³/mol. The smallest absolute Gasteiger partial charge is 0.246 e. The maximum Gasteiger partial charge on any atom is 0.246 e. The van der Waals surface area contributed by atoms with Crippen LogP contribution in [0.3, 0.4) is 0 Å². The summed E-state index contributed by atoms with van der Waals surface area (Å²) in [5.74, 6) is 0.424. The molecule has 0 unspecified atom stereocenters. The second-order valence-corrected chi connectivity index (χ2v) is 7.17. The van der Waals surface area contributed by atoms with Gasteiger partial charge in [0.05, 0.1) is 19.2 Å². The summed E-state index contributed by atoms with van der Waals surface area (Å²) in [6, 6.07) is 9.70. The topological polar surface area (TPSA) is 42.0 Å². The molecule has 0 fully saturated rings. The van der Waals surface area contributed by atoms with Crippen molar-refractivity contribution < 1.29 is 18.7 Å². The van der Waals surface area contributed by atoms with Gasteiger partial charge in [0.25, 0.3) is 0 Å². The average molecular weight is 421 g/mol. The quantitative estimate of drug-likeness (QED) is 0.573. The van der Waals surface area contributed by atoms with Gasteiger partial charge in [-0.1, -0.05) is 23.7 Å². The molecule has 0 aliphatic carbocycles. The number of nitrogens with zero attached hydrogens (tertiary/aromatic N) is 2. The molecule has 2 aromatic carbocycles. The molecule has 0 aliphatic rings. The van der Waals surface area contributed by atoms with E-state index in [-0.39, 0.29) is 11.7 Å². The molecule has 1 amide bonds. The lowest BCUT2D eigenvalue weighted by Gasteiger charge is -2.23. The highest BCUT2D eigenvalue weighted by atomic mass is 35.5. The number of carbonyl (C=O) groups is 1. The Morgan fingerprint density at radius 1 is 1.14 bits per heavy atom. The van der Waals surface area contributed by atoms with Crippen molar-refractivity contribution in [3.63, 3.8) is 0 Å². The van der Waals surface area contributed by atoms with Gasteiger partial charge < -0.3 is 19.3 Å². The SMILES string of the molecule is COc1cc(/C=C/C(=O)N(CCN(C)C)Cc2cccc(F)c2)cc(Cl)c1OC. The zero-order valence-electron chi connectivity index (χ0n) is 17.1. The fourth-order valence-corrected chi connectivity index (χ4v) is 3.05. The lowest BCUT2D eigenvalue weighted by Crippen LogP contribution is -2.35. The third kappa shape index (κ3) is 6.76. The van der Waals surface area contributed by atoms with Crippen LogP contribution in [0.5, 0.6) is 11.5 Å². The van der Waals surface area contributed by atoms with Crippen LogP contribution in [0.15, 0.2) is 42.5 Å². The summed E-state index contributed by atoms with van der Waals surface area (Å²) in [5.41, 5.74) is 1.44. The van der Waals surface area contributed by atoms with Crippen molar-refractivity contribution in [1.29, 1.82) is 0 Å². The van der Waals surface area contributed by atoms with E-state index in [1.807, 2.05) is 19.0 Å². The normalized spacial score (nSPS) is 11.1. The highest BCUT2D eigenvalue weighted by molar-refractivity contribution is 6.32. The molecule has 0 spiro atoms. The van der Waals surface area contributed by atoms with Crippen LogP contribution in [-0.4, -0.2) is 57.1 Å². The molecule has 0 aliphatic heterocycles. The standard InChI is InChI=1S/C22H26ClFN2O3/c1-25(2)10-11-26(15-17-6-5-7-18(24)12-17)21(27)9-8-16-13-19(23)22(29-4)20(14-16)28-3/h5-9,12-14H,10-11,15H2,1-4H3/b9-8+. The summed E-state index contributed by atoms with van der Waals surface area (Å²) in [6.45, 7) is 1.53. The van der Waals surface area contributed by atoms with Gasteiger partial charge in [-0.05, 0) is 55.6 Å². The van der Waals surface area contributed by atoms with E-state index < -0.39 is 0 Å². The predicted octanol–water partition coefficient (Wildman–Crippen LogP) is 4.10. The van der Waals surface area contributed by atoms with Crippen LogP contribution in [0.1, 0.15) is 11.1 Å². The Labute approximate surface area is 176 Å². The molecule has 0 heterocycles. The minimum atomic E-state index is -0.321. The Balaban J connectivity index is 2.20. The van der Waals surface area contributed by atoms with E-state index in [0.717, 1.165) is 5.56 Å². The molecule has 2 rings (SSSR count). The van der Waals surface area contributed by atoms with Crippen molar-refractivity contribution in [2.75, 3.05) is 41.4 Å². The number of halogens is 2. The highest BCUT2D eigenvalue weighted by Gasteiger charge is 2.13. The maximum atomic E-state index is 13.5. The molecular weight excluding hydrogens is 395 g/mol. The van der Waals surface area contributed by atoms with E-state index in [4.69, 9.17) is 21.1 Å². The number of likely N-dealkylation sites (N-methyl/N-ethyl adjacent to an activating group) is 1. The lowest BCUT2D eigenvalue weighted by atomic mass is 10.1. The second-order valence-electron chi connectivity index (χ2n) is 6.76. The molecule has 0 radical (unpaired) electrons. The first-order chi connectivity index (χ1) is 13.8. The fraction of sp³-hybridized carbons (Fsp3) is 0.318. The van der Waals surface area contributed by atoms with Gasteiger partial charge in [-0.25, -0.2) is 4.39 Å². The van der Waals surface area contributed by atoms with E-state index in [1.54, 1.807) is 35.2 Å². The Hall–Kier alpha value is -2.57. The summed E-state index contributed by atoms with van der Waals surface area (Å²) in [7, 11) is 6.91. The second kappa shape index (κ2) is 10.8. The van der Waals surface area contributed by atoms with Crippen molar-refractivity contribution in [1.82, 2.24) is 9.80 Å². The Morgan fingerprint density at radius 2 is 1.90 bits per heavy atom. The number of benzene rings is 2. The first-order valence-corrected chi connectivity index (χ1v) is 9.49. The molecule has 2 aromatic rings. The van der Waals surface area contributed by atoms with E-state index in [2.05, 4.69) is 0 Å². The molecule has 0 saturated heterocycles. The van der Waals surface area contributed by atoms with Crippen LogP contribution in [0.25, 0.3) is 6.08 Å². The third-order valence-corrected chi connectivity index (χ3v) is 4.55. The lowest BCUT2D eigenvalue weighted by molar-refractivity contribution is -0.126. The van der Waals surface area contributed by atoms with Gasteiger partial charge in [-0.2, -0.15) is 0 Å². The van der Waals surface area contributed by atoms with E-state index >= 15 is 0 Å². The highest BCUT2D eigenvalue weighted by Crippen LogP contribution is 2.36. The zero-order valence-corrected chi connectivity index (χ0v) is 17.9. The van der Waals surface area contributed by atoms with Crippen molar-refractivity contribution in [2.45, 2.75) is 6.54 Å². The van der Waals surface area contributed by atoms with Crippen LogP contribution < -0.4 is 9.47 Å². The molecular formula is C22H26ClFN2O3. The number of carbonyl (C=O) groups excluding carboxylic acids is 1. The number of hydrogen-bond acceptors (Lipinski definition) is 4. The van der Waals surface area contributed by atoms with Crippen molar-refractivity contribution in [3.8, 4) is 11.5 Å². The first kappa shape index (κ1) is 22.7. The minimum absolute atomic E-state index is 0.179. The molecule has 29 heavy (non-hydrogen) atoms. The molecule has 0 atom stereocenters. The monoisotopic (exact) mass is 420 g/mol. The Kier molecular flexibility index (Phi) is 8.49. The van der Waals surface area contributed by atoms with E-state index in [0.29, 0.717) is 41.7 Å². The third-order valence-electron chi connectivity index (χ3n) is 4.27. The first-order valence-electron chi connectivity index (χ1n) is 9.11. The number of hydrogen-bond donors (Lipinski definition) is 0. The van der Waals surface area contributed by atoms with Gasteiger partial charge in [-0.3, -0.25) is 4.79 Å². The van der Waals surface area contributed by atoms with Crippen LogP contribution >= 0.6 is 11.6 Å². The molecule has 7 heteroatoms. The van der Waals surface area contributed by atoms with Crippen LogP contribution in [0.2, 0.25) is 5.02 Å². The number of ether oxygens (including phenoxy) is 2. The number of methoxy groups -OCH3 is 2. The number of amides is 1. The van der Waals surface area contributed by atoms with Gasteiger partial charge in [-0.15, -0.1) is 0 Å². The van der Waals surface area contributed by atoms with Crippen molar-refractivity contribution in [3.05, 3.63) is 64.4 Å². The fourth-order valence-electron chi connectivity index (χ4n) is 2.75. The van der Waals surface area contributed by atoms with Crippen molar-refractivity contribution >= 4 is 23.6 Å². The molecule has 0 saturated carbocycles. The van der Waals surface area contributed by atoms with Crippen LogP contribution in [-0.2, 0) is 11.3 Å². The maximum absolute atomic E-state index is 13.5. The van der Waals surface area contributed by atoms with Gasteiger partial charge >= 0.3 is 0 Å². The summed E-state index contributed by atoms with van der Waals surface area (Å²) < 4.78 is 24.0. The van der Waals surface area contributed by atoms with E-state index in [1.165, 1.54) is 32.4 Å². The largest absolute Gasteiger partial charge is 0.493 e. The molecule has 0 bridgehead atoms. The number of rotatable bonds is 9. The van der Waals surface area contributed by atoms with E-state index in [9.17, 15) is 9.18 Å². The Morgan fingerprint density at radius 3 is 2.52 bits per heavy atom. The van der Waals surface area contributed by atoms with Gasteiger partial charge in [0.1, 0.15) is 5.82 Å². The van der Waals surface area contributed by atoms with Crippen LogP contribution in [0.4, 0.5) is 4.39 Å². The Bertz CT molecular complexity index is 871. The molecule has 0 aromatic heterocycles. The minimum Gasteiger partial charge on any atom is -0.493 e. The summed E-state index contributed by atoms with van der Waals surface area (Å²) >= 11 is 6.22. The van der Waals surface area contributed by atoms with Gasteiger partial charge in [0, 0.05) is 25.7 Å². The summed E-state index contributed by atoms with van der Waals surface area (Å²) in [5, 5.41) is 0.392. The summed E-state index contributed by atoms with van der Waals surface area (Å²) in [4.78, 5) is 16.5. The van der Waals surface area contributed by atoms with Crippen molar-refractivity contribution in [2.24, 2.45) is 0 Å². The zero-order chi connectivity index (χ0) is 21.4. The van der Waals surface area contributed by atoms with Gasteiger partial charge in [0.15, 0.2) is 11.5 Å². The molecule has 5 nitrogen and oxygen atoms in total. The van der Waals surface area contributed by atoms with Gasteiger partial charge in [0.2, 0.25) is 5.91 Å².